The van der Waals surface area contributed by atoms with E-state index >= 15 is 0 Å². The molecule has 0 rings (SSSR count). The molecule has 0 aromatic rings. The molecule has 5 nitrogen and oxygen atoms in total. The molecular formula is C8H16CoO5. The summed E-state index contributed by atoms with van der Waals surface area (Å²) in [4.78, 5) is 19.0. The van der Waals surface area contributed by atoms with Crippen LogP contribution >= 0.6 is 0 Å². The van der Waals surface area contributed by atoms with E-state index in [0.29, 0.717) is 12.8 Å². The van der Waals surface area contributed by atoms with Crippen molar-refractivity contribution in [3.8, 4) is 0 Å². The van der Waals surface area contributed by atoms with Gasteiger partial charge in [0, 0.05) is 11.9 Å². The molecule has 1 radical (unpaired) electrons. The van der Waals surface area contributed by atoms with Crippen molar-refractivity contribution in [3.63, 3.8) is 0 Å². The molecule has 0 aromatic heterocycles. The topological polar surface area (TPSA) is 112 Å². The Labute approximate surface area is 94.0 Å². The average Bonchev–Trinajstić information content (AvgIpc) is 1.87. The predicted octanol–water partition coefficient (Wildman–Crippen LogP) is -1.75. The zero-order chi connectivity index (χ0) is 9.98. The Morgan fingerprint density at radius 1 is 0.929 bits per heavy atom. The van der Waals surface area contributed by atoms with Crippen molar-refractivity contribution >= 4 is 11.9 Å². The SMILES string of the molecule is CCCC(=O)[O-].CCCC(=O)[O-].O.[Co+2]. The molecule has 0 amide bonds. The standard InChI is InChI=1S/2C4H8O2.Co.H2O/c2*1-2-3-4(5)6;;/h2*2-3H2,1H3,(H,5,6);;1H2/q;;+2;/p-2. The molecule has 0 saturated carbocycles. The fourth-order valence-corrected chi connectivity index (χ4v) is 0.408. The Morgan fingerprint density at radius 3 is 1.14 bits per heavy atom. The van der Waals surface area contributed by atoms with Crippen LogP contribution < -0.4 is 10.2 Å². The molecule has 0 saturated heterocycles. The van der Waals surface area contributed by atoms with E-state index in [9.17, 15) is 19.8 Å². The molecule has 14 heavy (non-hydrogen) atoms. The Balaban J connectivity index is -0.0000000625. The molecule has 0 aromatic carbocycles. The minimum Gasteiger partial charge on any atom is -0.550 e. The molecule has 0 heterocycles. The number of carboxylic acids is 2. The van der Waals surface area contributed by atoms with Gasteiger partial charge in [-0.25, -0.2) is 0 Å². The summed E-state index contributed by atoms with van der Waals surface area (Å²) in [6.45, 7) is 3.60. The van der Waals surface area contributed by atoms with Crippen molar-refractivity contribution in [1.29, 1.82) is 0 Å². The Kier molecular flexibility index (Phi) is 30.4. The van der Waals surface area contributed by atoms with Crippen LogP contribution in [0.25, 0.3) is 0 Å². The number of hydrogen-bond donors (Lipinski definition) is 0. The van der Waals surface area contributed by atoms with Crippen LogP contribution in [-0.2, 0) is 26.4 Å². The third-order valence-electron chi connectivity index (χ3n) is 0.908. The van der Waals surface area contributed by atoms with Crippen molar-refractivity contribution in [2.45, 2.75) is 39.5 Å². The quantitative estimate of drug-likeness (QED) is 0.589. The summed E-state index contributed by atoms with van der Waals surface area (Å²) in [5.41, 5.74) is 0. The van der Waals surface area contributed by atoms with Gasteiger partial charge in [-0.1, -0.05) is 26.7 Å². The zero-order valence-electron chi connectivity index (χ0n) is 8.29. The third kappa shape index (κ3) is 42.3. The van der Waals surface area contributed by atoms with E-state index in [1.165, 1.54) is 0 Å². The first-order valence-corrected chi connectivity index (χ1v) is 3.94. The second kappa shape index (κ2) is 18.2. The third-order valence-corrected chi connectivity index (χ3v) is 0.908. The van der Waals surface area contributed by atoms with E-state index in [0.717, 1.165) is 0 Å². The summed E-state index contributed by atoms with van der Waals surface area (Å²) < 4.78 is 0. The number of carbonyl (C=O) groups excluding carboxylic acids is 2. The Morgan fingerprint density at radius 2 is 1.14 bits per heavy atom. The van der Waals surface area contributed by atoms with Gasteiger partial charge in [-0.2, -0.15) is 0 Å². The molecule has 0 spiro atoms. The van der Waals surface area contributed by atoms with E-state index < -0.39 is 11.9 Å². The maximum Gasteiger partial charge on any atom is 2.00 e. The van der Waals surface area contributed by atoms with Gasteiger partial charge in [-0.15, -0.1) is 0 Å². The number of hydrogen-bond acceptors (Lipinski definition) is 4. The van der Waals surface area contributed by atoms with Crippen molar-refractivity contribution in [1.82, 2.24) is 0 Å². The maximum absolute atomic E-state index is 9.49. The fraction of sp³-hybridized carbons (Fsp3) is 0.750. The first-order valence-electron chi connectivity index (χ1n) is 3.94. The molecular weight excluding hydrogens is 235 g/mol. The first-order chi connectivity index (χ1) is 5.54. The molecule has 0 aliphatic carbocycles. The number of carboxylic acid groups (broad SMARTS) is 2. The van der Waals surface area contributed by atoms with Crippen LogP contribution in [0.3, 0.4) is 0 Å². The van der Waals surface area contributed by atoms with Crippen LogP contribution in [0.2, 0.25) is 0 Å². The molecule has 2 N–H and O–H groups in total. The molecule has 0 unspecified atom stereocenters. The maximum atomic E-state index is 9.49. The number of carbonyl (C=O) groups is 2. The van der Waals surface area contributed by atoms with Gasteiger partial charge in [0.2, 0.25) is 0 Å². The second-order valence-corrected chi connectivity index (χ2v) is 2.24. The van der Waals surface area contributed by atoms with Gasteiger partial charge in [-0.3, -0.25) is 0 Å². The summed E-state index contributed by atoms with van der Waals surface area (Å²) in [6.07, 6.45) is 1.70. The summed E-state index contributed by atoms with van der Waals surface area (Å²) in [5.74, 6) is -1.92. The molecule has 0 aliphatic rings. The van der Waals surface area contributed by atoms with Gasteiger partial charge in [0.15, 0.2) is 0 Å². The summed E-state index contributed by atoms with van der Waals surface area (Å²) in [6, 6.07) is 0. The van der Waals surface area contributed by atoms with Crippen molar-refractivity contribution in [3.05, 3.63) is 0 Å². The van der Waals surface area contributed by atoms with Gasteiger partial charge in [0.1, 0.15) is 0 Å². The number of rotatable bonds is 4. The summed E-state index contributed by atoms with van der Waals surface area (Å²) >= 11 is 0. The Bertz CT molecular complexity index is 122. The average molecular weight is 251 g/mol. The van der Waals surface area contributed by atoms with Crippen LogP contribution in [0.15, 0.2) is 0 Å². The molecule has 0 atom stereocenters. The monoisotopic (exact) mass is 251 g/mol. The predicted molar refractivity (Wildman–Crippen MR) is 43.4 cm³/mol. The van der Waals surface area contributed by atoms with Crippen LogP contribution in [0.1, 0.15) is 39.5 Å². The van der Waals surface area contributed by atoms with Crippen LogP contribution in [0, 0.1) is 0 Å². The summed E-state index contributed by atoms with van der Waals surface area (Å²) in [7, 11) is 0. The largest absolute Gasteiger partial charge is 2.00 e. The van der Waals surface area contributed by atoms with Crippen LogP contribution in [-0.4, -0.2) is 17.4 Å². The smallest absolute Gasteiger partial charge is 0.550 e. The zero-order valence-corrected chi connectivity index (χ0v) is 9.34. The molecule has 0 bridgehead atoms. The van der Waals surface area contributed by atoms with Gasteiger partial charge in [0.05, 0.1) is 0 Å². The van der Waals surface area contributed by atoms with Crippen LogP contribution in [0.5, 0.6) is 0 Å². The molecule has 6 heteroatoms. The second-order valence-electron chi connectivity index (χ2n) is 2.24. The van der Waals surface area contributed by atoms with E-state index in [4.69, 9.17) is 0 Å². The number of aliphatic carboxylic acids is 2. The van der Waals surface area contributed by atoms with Gasteiger partial charge in [-0.05, 0) is 12.8 Å². The van der Waals surface area contributed by atoms with Gasteiger partial charge < -0.3 is 25.3 Å². The fourth-order valence-electron chi connectivity index (χ4n) is 0.408. The molecule has 0 fully saturated rings. The van der Waals surface area contributed by atoms with Crippen LogP contribution in [0.4, 0.5) is 0 Å². The van der Waals surface area contributed by atoms with E-state index in [2.05, 4.69) is 0 Å². The minimum atomic E-state index is -0.961. The minimum absolute atomic E-state index is 0. The van der Waals surface area contributed by atoms with E-state index in [1.807, 2.05) is 0 Å². The van der Waals surface area contributed by atoms with Gasteiger partial charge in [0.25, 0.3) is 0 Å². The van der Waals surface area contributed by atoms with E-state index in [-0.39, 0.29) is 35.1 Å². The molecule has 0 aliphatic heterocycles. The van der Waals surface area contributed by atoms with Crippen molar-refractivity contribution < 1.29 is 42.1 Å². The Hall–Kier alpha value is -0.594. The normalized spacial score (nSPS) is 7.00. The van der Waals surface area contributed by atoms with Crippen molar-refractivity contribution in [2.75, 3.05) is 0 Å². The summed E-state index contributed by atoms with van der Waals surface area (Å²) in [5, 5.41) is 19.0. The first kappa shape index (κ1) is 23.3. The van der Waals surface area contributed by atoms with E-state index in [1.54, 1.807) is 13.8 Å². The van der Waals surface area contributed by atoms with Crippen molar-refractivity contribution in [2.24, 2.45) is 0 Å². The molecule has 87 valence electrons. The van der Waals surface area contributed by atoms with Gasteiger partial charge >= 0.3 is 16.8 Å².